The van der Waals surface area contributed by atoms with Crippen LogP contribution in [0.25, 0.3) is 0 Å². The fraction of sp³-hybridized carbons (Fsp3) is 0.647. The van der Waals surface area contributed by atoms with E-state index in [1.165, 1.54) is 4.57 Å². The third kappa shape index (κ3) is 3.89. The van der Waals surface area contributed by atoms with Crippen LogP contribution in [0.15, 0.2) is 17.1 Å². The molecule has 0 saturated carbocycles. The summed E-state index contributed by atoms with van der Waals surface area (Å²) >= 11 is 0. The molecule has 0 bridgehead atoms. The predicted molar refractivity (Wildman–Crippen MR) is 96.9 cm³/mol. The van der Waals surface area contributed by atoms with E-state index in [9.17, 15) is 4.79 Å². The summed E-state index contributed by atoms with van der Waals surface area (Å²) in [5, 5.41) is 0. The van der Waals surface area contributed by atoms with Gasteiger partial charge in [0, 0.05) is 12.6 Å². The van der Waals surface area contributed by atoms with E-state index < -0.39 is 20.2 Å². The third-order valence-electron chi connectivity index (χ3n) is 5.10. The lowest BCUT2D eigenvalue weighted by atomic mass is 10.0. The molecule has 0 spiro atoms. The van der Waals surface area contributed by atoms with Gasteiger partial charge in [-0.2, -0.15) is 4.98 Å². The molecule has 2 N–H and O–H groups in total. The second-order valence-corrected chi connectivity index (χ2v) is 11.0. The molecule has 1 aliphatic rings. The lowest BCUT2D eigenvalue weighted by Crippen LogP contribution is -2.39. The van der Waals surface area contributed by atoms with E-state index >= 15 is 0 Å². The van der Waals surface area contributed by atoms with Crippen molar-refractivity contribution in [1.29, 1.82) is 0 Å². The largest absolute Gasteiger partial charge is 0.414 e. The molecule has 132 valence electrons. The number of aromatic nitrogens is 2. The summed E-state index contributed by atoms with van der Waals surface area (Å²) < 4.78 is 13.8. The van der Waals surface area contributed by atoms with Gasteiger partial charge in [-0.15, -0.1) is 12.3 Å². The zero-order valence-electron chi connectivity index (χ0n) is 14.7. The minimum absolute atomic E-state index is 0.0725. The lowest BCUT2D eigenvalue weighted by molar-refractivity contribution is -0.0259. The molecular weight excluding hydrogens is 322 g/mol. The summed E-state index contributed by atoms with van der Waals surface area (Å²) in [7, 11) is -1.69. The zero-order valence-corrected chi connectivity index (χ0v) is 15.7. The molecule has 1 aromatic rings. The second kappa shape index (κ2) is 7.97. The van der Waals surface area contributed by atoms with Crippen molar-refractivity contribution < 1.29 is 9.16 Å². The summed E-state index contributed by atoms with van der Waals surface area (Å²) in [6, 6.07) is 4.83. The van der Waals surface area contributed by atoms with Crippen LogP contribution in [0.2, 0.25) is 18.1 Å². The van der Waals surface area contributed by atoms with Gasteiger partial charge in [0.05, 0.1) is 18.6 Å². The molecule has 2 rings (SSSR count). The van der Waals surface area contributed by atoms with Crippen LogP contribution in [-0.4, -0.2) is 30.6 Å². The molecule has 7 heteroatoms. The average Bonchev–Trinajstić information content (AvgIpc) is 2.99. The molecular formula is C17H27N3O3Si. The first kappa shape index (κ1) is 18.7. The topological polar surface area (TPSA) is 79.4 Å². The second-order valence-electron chi connectivity index (χ2n) is 6.23. The monoisotopic (exact) mass is 349 g/mol. The number of anilines is 1. The quantitative estimate of drug-likeness (QED) is 0.604. The molecule has 3 atom stereocenters. The highest BCUT2D eigenvalue weighted by molar-refractivity contribution is 6.73. The summed E-state index contributed by atoms with van der Waals surface area (Å²) in [6.07, 6.45) is 7.24. The lowest BCUT2D eigenvalue weighted by Gasteiger charge is -2.30. The van der Waals surface area contributed by atoms with Gasteiger partial charge in [-0.3, -0.25) is 4.57 Å². The Balaban J connectivity index is 2.09. The van der Waals surface area contributed by atoms with Crippen molar-refractivity contribution in [1.82, 2.24) is 9.55 Å². The number of ether oxygens (including phenoxy) is 1. The van der Waals surface area contributed by atoms with E-state index in [-0.39, 0.29) is 17.8 Å². The average molecular weight is 350 g/mol. The fourth-order valence-electron chi connectivity index (χ4n) is 3.19. The van der Waals surface area contributed by atoms with E-state index in [2.05, 4.69) is 31.7 Å². The van der Waals surface area contributed by atoms with Crippen LogP contribution in [0.1, 0.15) is 33.4 Å². The minimum atomic E-state index is -1.69. The van der Waals surface area contributed by atoms with Crippen molar-refractivity contribution >= 4 is 14.1 Å². The van der Waals surface area contributed by atoms with Gasteiger partial charge < -0.3 is 14.9 Å². The summed E-state index contributed by atoms with van der Waals surface area (Å²) in [5.74, 6) is 2.91. The van der Waals surface area contributed by atoms with Crippen LogP contribution < -0.4 is 11.4 Å². The van der Waals surface area contributed by atoms with Gasteiger partial charge in [-0.05, 0) is 24.2 Å². The molecule has 6 nitrogen and oxygen atoms in total. The Morgan fingerprint density at radius 3 is 2.67 bits per heavy atom. The van der Waals surface area contributed by atoms with Gasteiger partial charge in [0.2, 0.25) is 0 Å². The number of terminal acetylenes is 1. The van der Waals surface area contributed by atoms with Crippen molar-refractivity contribution in [2.24, 2.45) is 5.92 Å². The van der Waals surface area contributed by atoms with E-state index in [0.29, 0.717) is 13.0 Å². The van der Waals surface area contributed by atoms with Crippen LogP contribution in [0, 0.1) is 18.3 Å². The molecule has 1 aliphatic heterocycles. The summed E-state index contributed by atoms with van der Waals surface area (Å²) in [5.41, 5.74) is 5.12. The molecule has 0 radical (unpaired) electrons. The summed E-state index contributed by atoms with van der Waals surface area (Å²) in [6.45, 7) is 7.06. The molecule has 1 fully saturated rings. The van der Waals surface area contributed by atoms with E-state index in [1.807, 2.05) is 0 Å². The maximum atomic E-state index is 12.0. The minimum Gasteiger partial charge on any atom is -0.414 e. The summed E-state index contributed by atoms with van der Waals surface area (Å²) in [4.78, 5) is 15.7. The fourth-order valence-corrected chi connectivity index (χ4v) is 5.82. The van der Waals surface area contributed by atoms with Gasteiger partial charge in [0.15, 0.2) is 8.32 Å². The maximum Gasteiger partial charge on any atom is 0.351 e. The molecule has 1 aromatic heterocycles. The molecule has 1 saturated heterocycles. The number of nitrogens with two attached hydrogens (primary N) is 1. The number of nitrogen functional groups attached to an aromatic ring is 1. The number of hydrogen-bond donors (Lipinski definition) is 1. The highest BCUT2D eigenvalue weighted by Gasteiger charge is 2.38. The standard InChI is InChI=1S/C17H27N3O3Si/c1-5-13-11-16(20-10-9-15(18)19-17(20)21)23-14(13)12-22-24(6-2,7-3)8-4/h1,9-10,13-14,16H,6-8,11-12H2,2-4H3,(H2,18,19,21)/t13?,14-,16-/m1/s1. The van der Waals surface area contributed by atoms with Crippen molar-refractivity contribution in [3.8, 4) is 12.3 Å². The number of hydrogen-bond acceptors (Lipinski definition) is 5. The molecule has 0 aliphatic carbocycles. The molecule has 0 amide bonds. The first-order valence-corrected chi connectivity index (χ1v) is 11.1. The van der Waals surface area contributed by atoms with Gasteiger partial charge in [0.1, 0.15) is 12.0 Å². The van der Waals surface area contributed by atoms with Crippen LogP contribution in [0.3, 0.4) is 0 Å². The normalized spacial score (nSPS) is 24.0. The number of nitrogens with zero attached hydrogens (tertiary/aromatic N) is 2. The van der Waals surface area contributed by atoms with Crippen molar-refractivity contribution in [2.75, 3.05) is 12.3 Å². The van der Waals surface area contributed by atoms with Gasteiger partial charge in [-0.25, -0.2) is 4.79 Å². The maximum absolute atomic E-state index is 12.0. The Hall–Kier alpha value is -1.62. The van der Waals surface area contributed by atoms with Crippen molar-refractivity contribution in [3.63, 3.8) is 0 Å². The van der Waals surface area contributed by atoms with Crippen molar-refractivity contribution in [3.05, 3.63) is 22.7 Å². The molecule has 2 heterocycles. The van der Waals surface area contributed by atoms with E-state index in [0.717, 1.165) is 18.1 Å². The van der Waals surface area contributed by atoms with Gasteiger partial charge in [-0.1, -0.05) is 20.8 Å². The van der Waals surface area contributed by atoms with Gasteiger partial charge >= 0.3 is 5.69 Å². The van der Waals surface area contributed by atoms with Crippen LogP contribution in [0.4, 0.5) is 5.82 Å². The first-order valence-electron chi connectivity index (χ1n) is 8.58. The smallest absolute Gasteiger partial charge is 0.351 e. The third-order valence-corrected chi connectivity index (χ3v) is 9.74. The Morgan fingerprint density at radius 2 is 2.12 bits per heavy atom. The van der Waals surface area contributed by atoms with Crippen molar-refractivity contribution in [2.45, 2.75) is 57.7 Å². The molecule has 1 unspecified atom stereocenters. The number of rotatable bonds is 7. The Kier molecular flexibility index (Phi) is 6.21. The molecule has 24 heavy (non-hydrogen) atoms. The Morgan fingerprint density at radius 1 is 1.46 bits per heavy atom. The van der Waals surface area contributed by atoms with Crippen LogP contribution in [-0.2, 0) is 9.16 Å². The predicted octanol–water partition coefficient (Wildman–Crippen LogP) is 2.38. The van der Waals surface area contributed by atoms with E-state index in [1.54, 1.807) is 12.3 Å². The Labute approximate surface area is 144 Å². The Bertz CT molecular complexity index is 643. The zero-order chi connectivity index (χ0) is 17.7. The van der Waals surface area contributed by atoms with Gasteiger partial charge in [0.25, 0.3) is 0 Å². The first-order chi connectivity index (χ1) is 11.5. The SMILES string of the molecule is C#CC1C[C@H](n2ccc(N)nc2=O)O[C@@H]1CO[Si](CC)(CC)CC. The highest BCUT2D eigenvalue weighted by Crippen LogP contribution is 2.33. The highest BCUT2D eigenvalue weighted by atomic mass is 28.4. The van der Waals surface area contributed by atoms with Crippen LogP contribution >= 0.6 is 0 Å². The van der Waals surface area contributed by atoms with Crippen LogP contribution in [0.5, 0.6) is 0 Å². The molecule has 0 aromatic carbocycles. The van der Waals surface area contributed by atoms with E-state index in [4.69, 9.17) is 21.3 Å².